The molecule has 8 heteroatoms. The van der Waals surface area contributed by atoms with Gasteiger partial charge in [0.15, 0.2) is 0 Å². The van der Waals surface area contributed by atoms with E-state index in [1.54, 1.807) is 10.9 Å². The number of carbonyl (C=O) groups excluding carboxylic acids is 1. The van der Waals surface area contributed by atoms with E-state index in [2.05, 4.69) is 39.5 Å². The minimum absolute atomic E-state index is 0.194. The minimum atomic E-state index is -0.262. The molecular weight excluding hydrogens is 330 g/mol. The highest BCUT2D eigenvalue weighted by Crippen LogP contribution is 2.21. The predicted molar refractivity (Wildman–Crippen MR) is 100 cm³/mol. The van der Waals surface area contributed by atoms with Gasteiger partial charge in [0.1, 0.15) is 5.82 Å². The summed E-state index contributed by atoms with van der Waals surface area (Å²) in [6, 6.07) is 1.39. The molecule has 3 aromatic rings. The molecule has 0 aromatic carbocycles. The predicted octanol–water partition coefficient (Wildman–Crippen LogP) is 2.86. The second kappa shape index (κ2) is 7.55. The van der Waals surface area contributed by atoms with Crippen LogP contribution >= 0.6 is 0 Å². The lowest BCUT2D eigenvalue weighted by molar-refractivity contribution is 0.247. The lowest BCUT2D eigenvalue weighted by atomic mass is 10.1. The van der Waals surface area contributed by atoms with Crippen molar-refractivity contribution in [2.45, 2.75) is 46.1 Å². The van der Waals surface area contributed by atoms with Crippen molar-refractivity contribution >= 4 is 17.6 Å². The van der Waals surface area contributed by atoms with Crippen LogP contribution in [0.5, 0.6) is 0 Å². The largest absolute Gasteiger partial charge is 0.329 e. The molecule has 8 nitrogen and oxygen atoms in total. The van der Waals surface area contributed by atoms with Crippen LogP contribution in [0.3, 0.4) is 0 Å². The number of hydrogen-bond donors (Lipinski definition) is 2. The van der Waals surface area contributed by atoms with Gasteiger partial charge in [-0.25, -0.2) is 14.8 Å². The molecule has 2 amide bonds. The van der Waals surface area contributed by atoms with E-state index in [9.17, 15) is 4.79 Å². The highest BCUT2D eigenvalue weighted by Gasteiger charge is 2.19. The van der Waals surface area contributed by atoms with Crippen molar-refractivity contribution in [3.05, 3.63) is 41.6 Å². The van der Waals surface area contributed by atoms with Gasteiger partial charge < -0.3 is 5.32 Å². The number of hydrogen-bond acceptors (Lipinski definition) is 4. The summed E-state index contributed by atoms with van der Waals surface area (Å²) in [6.45, 7) is 6.15. The lowest BCUT2D eigenvalue weighted by Crippen LogP contribution is -2.33. The normalized spacial score (nSPS) is 12.3. The number of rotatable bonds is 6. The molecular formula is C18H25N7O. The molecule has 0 bridgehead atoms. The van der Waals surface area contributed by atoms with Crippen LogP contribution in [0.1, 0.15) is 50.2 Å². The first kappa shape index (κ1) is 17.9. The van der Waals surface area contributed by atoms with Crippen LogP contribution < -0.4 is 10.6 Å². The van der Waals surface area contributed by atoms with E-state index in [0.717, 1.165) is 42.0 Å². The molecule has 3 heterocycles. The molecule has 0 unspecified atom stereocenters. The average Bonchev–Trinajstić information content (AvgIpc) is 3.20. The number of nitrogens with one attached hydrogen (secondary N) is 2. The number of urea groups is 1. The third-order valence-electron chi connectivity index (χ3n) is 4.47. The number of carbonyl (C=O) groups is 1. The van der Waals surface area contributed by atoms with Gasteiger partial charge in [-0.05, 0) is 25.3 Å². The molecule has 0 aliphatic heterocycles. The second-order valence-corrected chi connectivity index (χ2v) is 6.16. The standard InChI is InChI=1S/C18H25N7O/c1-5-12-13(6-2)23-24(4)16(12)22-18(26)21-14(7-3)15-11-25-10-8-9-19-17(25)20-15/h8-11,14H,5-7H2,1-4H3,(H2,21,22,26)/t14-/m1/s1. The van der Waals surface area contributed by atoms with Crippen LogP contribution in [0.15, 0.2) is 24.7 Å². The molecule has 0 spiro atoms. The van der Waals surface area contributed by atoms with Gasteiger partial charge in [-0.2, -0.15) is 5.10 Å². The van der Waals surface area contributed by atoms with E-state index < -0.39 is 0 Å². The summed E-state index contributed by atoms with van der Waals surface area (Å²) in [4.78, 5) is 21.3. The molecule has 3 rings (SSSR count). The highest BCUT2D eigenvalue weighted by atomic mass is 16.2. The van der Waals surface area contributed by atoms with Crippen LogP contribution in [0.25, 0.3) is 5.78 Å². The Balaban J connectivity index is 1.77. The number of anilines is 1. The van der Waals surface area contributed by atoms with Gasteiger partial charge in [0, 0.05) is 31.2 Å². The third-order valence-corrected chi connectivity index (χ3v) is 4.47. The molecule has 0 saturated heterocycles. The van der Waals surface area contributed by atoms with E-state index in [1.807, 2.05) is 36.8 Å². The summed E-state index contributed by atoms with van der Waals surface area (Å²) in [7, 11) is 1.85. The molecule has 0 saturated carbocycles. The van der Waals surface area contributed by atoms with Crippen LogP contribution in [-0.2, 0) is 19.9 Å². The van der Waals surface area contributed by atoms with Gasteiger partial charge in [-0.3, -0.25) is 14.4 Å². The Kier molecular flexibility index (Phi) is 5.20. The Labute approximate surface area is 152 Å². The summed E-state index contributed by atoms with van der Waals surface area (Å²) in [5.74, 6) is 1.36. The zero-order chi connectivity index (χ0) is 18.7. The van der Waals surface area contributed by atoms with Crippen LogP contribution in [0.4, 0.5) is 10.6 Å². The molecule has 0 radical (unpaired) electrons. The maximum atomic E-state index is 12.6. The van der Waals surface area contributed by atoms with Crippen molar-refractivity contribution in [3.63, 3.8) is 0 Å². The molecule has 0 aliphatic carbocycles. The van der Waals surface area contributed by atoms with E-state index in [-0.39, 0.29) is 12.1 Å². The first-order chi connectivity index (χ1) is 12.6. The smallest absolute Gasteiger partial charge is 0.320 e. The monoisotopic (exact) mass is 355 g/mol. The first-order valence-corrected chi connectivity index (χ1v) is 8.99. The molecule has 3 aromatic heterocycles. The zero-order valence-electron chi connectivity index (χ0n) is 15.7. The Morgan fingerprint density at radius 2 is 2.08 bits per heavy atom. The third kappa shape index (κ3) is 3.40. The van der Waals surface area contributed by atoms with Crippen LogP contribution in [0.2, 0.25) is 0 Å². The summed E-state index contributed by atoms with van der Waals surface area (Å²) in [5.41, 5.74) is 2.88. The molecule has 0 aliphatic rings. The van der Waals surface area contributed by atoms with Gasteiger partial charge in [0.05, 0.1) is 17.4 Å². The van der Waals surface area contributed by atoms with Crippen LogP contribution in [0, 0.1) is 0 Å². The van der Waals surface area contributed by atoms with Gasteiger partial charge in [0.2, 0.25) is 5.78 Å². The quantitative estimate of drug-likeness (QED) is 0.711. The van der Waals surface area contributed by atoms with Gasteiger partial charge in [-0.15, -0.1) is 0 Å². The van der Waals surface area contributed by atoms with E-state index in [4.69, 9.17) is 0 Å². The van der Waals surface area contributed by atoms with Gasteiger partial charge >= 0.3 is 6.03 Å². The highest BCUT2D eigenvalue weighted by molar-refractivity contribution is 5.89. The van der Waals surface area contributed by atoms with Crippen molar-refractivity contribution < 1.29 is 4.79 Å². The van der Waals surface area contributed by atoms with Crippen molar-refractivity contribution in [3.8, 4) is 0 Å². The Hall–Kier alpha value is -2.90. The molecule has 1 atom stereocenters. The SMILES string of the molecule is CCc1nn(C)c(NC(=O)N[C@H](CC)c2cn3cccnc3n2)c1CC. The fraction of sp³-hybridized carbons (Fsp3) is 0.444. The molecule has 2 N–H and O–H groups in total. The minimum Gasteiger partial charge on any atom is -0.329 e. The summed E-state index contributed by atoms with van der Waals surface area (Å²) < 4.78 is 3.58. The number of nitrogens with zero attached hydrogens (tertiary/aromatic N) is 5. The fourth-order valence-corrected chi connectivity index (χ4v) is 3.14. The van der Waals surface area contributed by atoms with Gasteiger partial charge in [0.25, 0.3) is 0 Å². The lowest BCUT2D eigenvalue weighted by Gasteiger charge is -2.16. The maximum Gasteiger partial charge on any atom is 0.320 e. The molecule has 0 fully saturated rings. The number of imidazole rings is 1. The maximum absolute atomic E-state index is 12.6. The number of fused-ring (bicyclic) bond motifs is 1. The summed E-state index contributed by atoms with van der Waals surface area (Å²) in [6.07, 6.45) is 7.87. The van der Waals surface area contributed by atoms with E-state index in [0.29, 0.717) is 5.78 Å². The first-order valence-electron chi connectivity index (χ1n) is 8.99. The topological polar surface area (TPSA) is 89.1 Å². The van der Waals surface area contributed by atoms with Crippen molar-refractivity contribution in [2.75, 3.05) is 5.32 Å². The van der Waals surface area contributed by atoms with Crippen LogP contribution in [-0.4, -0.2) is 30.2 Å². The Bertz CT molecular complexity index is 879. The average molecular weight is 355 g/mol. The Morgan fingerprint density at radius 1 is 1.27 bits per heavy atom. The summed E-state index contributed by atoms with van der Waals surface area (Å²) in [5, 5.41) is 10.4. The molecule has 26 heavy (non-hydrogen) atoms. The van der Waals surface area contributed by atoms with E-state index in [1.165, 1.54) is 0 Å². The second-order valence-electron chi connectivity index (χ2n) is 6.16. The van der Waals surface area contributed by atoms with E-state index >= 15 is 0 Å². The number of aryl methyl sites for hydroxylation is 2. The van der Waals surface area contributed by atoms with Crippen molar-refractivity contribution in [1.29, 1.82) is 0 Å². The Morgan fingerprint density at radius 3 is 2.73 bits per heavy atom. The van der Waals surface area contributed by atoms with Crippen molar-refractivity contribution in [2.24, 2.45) is 7.05 Å². The zero-order valence-corrected chi connectivity index (χ0v) is 15.7. The van der Waals surface area contributed by atoms with Gasteiger partial charge in [-0.1, -0.05) is 20.8 Å². The molecule has 138 valence electrons. The van der Waals surface area contributed by atoms with Crippen molar-refractivity contribution in [1.82, 2.24) is 29.5 Å². The fourth-order valence-electron chi connectivity index (χ4n) is 3.14. The number of aromatic nitrogens is 5. The summed E-state index contributed by atoms with van der Waals surface area (Å²) >= 11 is 0. The number of amides is 2.